The van der Waals surface area contributed by atoms with Gasteiger partial charge in [-0.25, -0.2) is 0 Å². The van der Waals surface area contributed by atoms with E-state index in [4.69, 9.17) is 9.47 Å². The highest BCUT2D eigenvalue weighted by molar-refractivity contribution is 14.0. The van der Waals surface area contributed by atoms with Crippen molar-refractivity contribution in [3.63, 3.8) is 0 Å². The zero-order valence-corrected chi connectivity index (χ0v) is 15.6. The van der Waals surface area contributed by atoms with Crippen LogP contribution in [0.5, 0.6) is 0 Å². The van der Waals surface area contributed by atoms with E-state index in [1.54, 1.807) is 7.11 Å². The maximum Gasteiger partial charge on any atom is 0.308 e. The minimum absolute atomic E-state index is 0. The average molecular weight is 413 g/mol. The van der Waals surface area contributed by atoms with E-state index in [2.05, 4.69) is 22.1 Å². The van der Waals surface area contributed by atoms with Crippen molar-refractivity contribution in [1.29, 1.82) is 0 Å². The zero-order chi connectivity index (χ0) is 14.8. The normalized spacial score (nSPS) is 16.3. The number of aliphatic imine (C=N–C) groups is 1. The first-order valence-corrected chi connectivity index (χ1v) is 7.33. The highest BCUT2D eigenvalue weighted by Crippen LogP contribution is 2.18. The van der Waals surface area contributed by atoms with E-state index in [1.165, 1.54) is 7.11 Å². The molecule has 7 heteroatoms. The van der Waals surface area contributed by atoms with Gasteiger partial charge in [0.15, 0.2) is 5.96 Å². The van der Waals surface area contributed by atoms with Crippen LogP contribution in [-0.4, -0.2) is 63.8 Å². The van der Waals surface area contributed by atoms with Crippen LogP contribution in [0, 0.1) is 5.92 Å². The number of carbonyl (C=O) groups is 1. The summed E-state index contributed by atoms with van der Waals surface area (Å²) < 4.78 is 9.83. The van der Waals surface area contributed by atoms with Gasteiger partial charge < -0.3 is 19.7 Å². The highest BCUT2D eigenvalue weighted by atomic mass is 127. The molecule has 0 amide bonds. The highest BCUT2D eigenvalue weighted by Gasteiger charge is 2.26. The molecule has 1 aliphatic rings. The molecule has 1 fully saturated rings. The predicted octanol–water partition coefficient (Wildman–Crippen LogP) is 1.49. The summed E-state index contributed by atoms with van der Waals surface area (Å²) in [4.78, 5) is 18.3. The Labute approximate surface area is 144 Å². The fourth-order valence-electron chi connectivity index (χ4n) is 2.31. The molecule has 0 aromatic heterocycles. The lowest BCUT2D eigenvalue weighted by Crippen LogP contribution is -2.46. The first kappa shape index (κ1) is 20.4. The number of nitrogens with one attached hydrogen (secondary N) is 1. The standard InChI is InChI=1S/C14H27N3O3.HI/c1-4-15-14(16-8-5-11-19-2)17-9-6-12(7-10-17)13(18)20-3;/h12H,4-11H2,1-3H3,(H,15,16);1H. The second-order valence-electron chi connectivity index (χ2n) is 4.87. The van der Waals surface area contributed by atoms with Crippen molar-refractivity contribution in [1.82, 2.24) is 10.2 Å². The second-order valence-corrected chi connectivity index (χ2v) is 4.87. The minimum Gasteiger partial charge on any atom is -0.469 e. The van der Waals surface area contributed by atoms with E-state index in [1.807, 2.05) is 0 Å². The molecule has 0 radical (unpaired) electrons. The lowest BCUT2D eigenvalue weighted by Gasteiger charge is -2.33. The van der Waals surface area contributed by atoms with Crippen molar-refractivity contribution in [2.24, 2.45) is 10.9 Å². The second kappa shape index (κ2) is 12.0. The molecule has 0 atom stereocenters. The van der Waals surface area contributed by atoms with E-state index >= 15 is 0 Å². The summed E-state index contributed by atoms with van der Waals surface area (Å²) in [5, 5.41) is 3.31. The Morgan fingerprint density at radius 2 is 2.00 bits per heavy atom. The summed E-state index contributed by atoms with van der Waals surface area (Å²) in [6, 6.07) is 0. The van der Waals surface area contributed by atoms with E-state index in [0.717, 1.165) is 58.0 Å². The summed E-state index contributed by atoms with van der Waals surface area (Å²) in [5.41, 5.74) is 0. The summed E-state index contributed by atoms with van der Waals surface area (Å²) in [6.45, 7) is 6.08. The third-order valence-electron chi connectivity index (χ3n) is 3.43. The van der Waals surface area contributed by atoms with Crippen molar-refractivity contribution in [3.8, 4) is 0 Å². The summed E-state index contributed by atoms with van der Waals surface area (Å²) in [5.74, 6) is 0.881. The van der Waals surface area contributed by atoms with Crippen molar-refractivity contribution >= 4 is 35.9 Å². The van der Waals surface area contributed by atoms with Gasteiger partial charge in [0.05, 0.1) is 13.0 Å². The molecule has 0 bridgehead atoms. The van der Waals surface area contributed by atoms with Crippen LogP contribution in [0.15, 0.2) is 4.99 Å². The van der Waals surface area contributed by atoms with Crippen molar-refractivity contribution in [2.75, 3.05) is 47.0 Å². The van der Waals surface area contributed by atoms with Gasteiger partial charge in [0.25, 0.3) is 0 Å². The fourth-order valence-corrected chi connectivity index (χ4v) is 2.31. The van der Waals surface area contributed by atoms with Crippen LogP contribution in [0.1, 0.15) is 26.2 Å². The number of hydrogen-bond donors (Lipinski definition) is 1. The molecule has 1 aliphatic heterocycles. The van der Waals surface area contributed by atoms with Crippen molar-refractivity contribution < 1.29 is 14.3 Å². The molecule has 0 aliphatic carbocycles. The first-order valence-electron chi connectivity index (χ1n) is 7.33. The van der Waals surface area contributed by atoms with Gasteiger partial charge in [0.2, 0.25) is 0 Å². The Balaban J connectivity index is 0.00000400. The first-order chi connectivity index (χ1) is 9.72. The van der Waals surface area contributed by atoms with Gasteiger partial charge in [-0.1, -0.05) is 0 Å². The van der Waals surface area contributed by atoms with E-state index < -0.39 is 0 Å². The number of piperidine rings is 1. The number of carbonyl (C=O) groups excluding carboxylic acids is 1. The van der Waals surface area contributed by atoms with Crippen molar-refractivity contribution in [3.05, 3.63) is 0 Å². The molecule has 21 heavy (non-hydrogen) atoms. The van der Waals surface area contributed by atoms with Gasteiger partial charge >= 0.3 is 5.97 Å². The Kier molecular flexibility index (Phi) is 11.7. The molecule has 1 saturated heterocycles. The smallest absolute Gasteiger partial charge is 0.308 e. The quantitative estimate of drug-likeness (QED) is 0.235. The zero-order valence-electron chi connectivity index (χ0n) is 13.3. The Morgan fingerprint density at radius 3 is 2.52 bits per heavy atom. The SMILES string of the molecule is CCNC(=NCCCOC)N1CCC(C(=O)OC)CC1.I. The number of ether oxygens (including phenoxy) is 2. The molecule has 1 rings (SSSR count). The Morgan fingerprint density at radius 1 is 1.33 bits per heavy atom. The van der Waals surface area contributed by atoms with Crippen LogP contribution in [-0.2, 0) is 14.3 Å². The number of halogens is 1. The number of esters is 1. The molecule has 124 valence electrons. The number of rotatable bonds is 6. The minimum atomic E-state index is -0.0910. The van der Waals surface area contributed by atoms with Crippen LogP contribution in [0.3, 0.4) is 0 Å². The number of hydrogen-bond acceptors (Lipinski definition) is 4. The number of nitrogens with zero attached hydrogens (tertiary/aromatic N) is 2. The van der Waals surface area contributed by atoms with Gasteiger partial charge in [-0.2, -0.15) is 0 Å². The van der Waals surface area contributed by atoms with Crippen LogP contribution in [0.4, 0.5) is 0 Å². The lowest BCUT2D eigenvalue weighted by atomic mass is 9.97. The summed E-state index contributed by atoms with van der Waals surface area (Å²) >= 11 is 0. The molecular formula is C14H28IN3O3. The number of likely N-dealkylation sites (tertiary alicyclic amines) is 1. The van der Waals surface area contributed by atoms with Crippen LogP contribution in [0.25, 0.3) is 0 Å². The largest absolute Gasteiger partial charge is 0.469 e. The number of methoxy groups -OCH3 is 2. The molecule has 0 saturated carbocycles. The van der Waals surface area contributed by atoms with Gasteiger partial charge in [-0.15, -0.1) is 24.0 Å². The molecule has 6 nitrogen and oxygen atoms in total. The average Bonchev–Trinajstić information content (AvgIpc) is 2.50. The molecule has 0 spiro atoms. The van der Waals surface area contributed by atoms with Crippen LogP contribution >= 0.6 is 24.0 Å². The fraction of sp³-hybridized carbons (Fsp3) is 0.857. The molecule has 0 aromatic rings. The van der Waals surface area contributed by atoms with E-state index in [0.29, 0.717) is 0 Å². The monoisotopic (exact) mass is 413 g/mol. The summed E-state index contributed by atoms with van der Waals surface area (Å²) in [7, 11) is 3.16. The van der Waals surface area contributed by atoms with Gasteiger partial charge in [-0.3, -0.25) is 9.79 Å². The maximum absolute atomic E-state index is 11.5. The molecule has 0 unspecified atom stereocenters. The Hall–Kier alpha value is -0.570. The topological polar surface area (TPSA) is 63.2 Å². The van der Waals surface area contributed by atoms with Gasteiger partial charge in [-0.05, 0) is 26.2 Å². The maximum atomic E-state index is 11.5. The van der Waals surface area contributed by atoms with E-state index in [-0.39, 0.29) is 35.9 Å². The van der Waals surface area contributed by atoms with Crippen molar-refractivity contribution in [2.45, 2.75) is 26.2 Å². The predicted molar refractivity (Wildman–Crippen MR) is 94.2 cm³/mol. The summed E-state index contributed by atoms with van der Waals surface area (Å²) in [6.07, 6.45) is 2.58. The lowest BCUT2D eigenvalue weighted by molar-refractivity contribution is -0.146. The third-order valence-corrected chi connectivity index (χ3v) is 3.43. The molecule has 0 aromatic carbocycles. The molecule has 1 heterocycles. The Bertz CT molecular complexity index is 319. The van der Waals surface area contributed by atoms with E-state index in [9.17, 15) is 4.79 Å². The molecule has 1 N–H and O–H groups in total. The van der Waals surface area contributed by atoms with Gasteiger partial charge in [0, 0.05) is 39.9 Å². The van der Waals surface area contributed by atoms with Crippen LogP contribution < -0.4 is 5.32 Å². The van der Waals surface area contributed by atoms with Gasteiger partial charge in [0.1, 0.15) is 0 Å². The molecular weight excluding hydrogens is 385 g/mol. The third kappa shape index (κ3) is 7.30. The number of guanidine groups is 1. The van der Waals surface area contributed by atoms with Crippen LogP contribution in [0.2, 0.25) is 0 Å².